The first-order chi connectivity index (χ1) is 16.0. The van der Waals surface area contributed by atoms with Crippen LogP contribution in [-0.2, 0) is 24.7 Å². The summed E-state index contributed by atoms with van der Waals surface area (Å²) < 4.78 is 31.8. The highest BCUT2D eigenvalue weighted by Gasteiger charge is 2.51. The van der Waals surface area contributed by atoms with Gasteiger partial charge in [-0.25, -0.2) is 9.29 Å². The van der Waals surface area contributed by atoms with Crippen LogP contribution in [0.25, 0.3) is 0 Å². The van der Waals surface area contributed by atoms with Crippen molar-refractivity contribution in [3.05, 3.63) is 40.9 Å². The fourth-order valence-corrected chi connectivity index (χ4v) is 5.10. The number of nitrogen functional groups attached to an aromatic ring is 2. The third-order valence-electron chi connectivity index (χ3n) is 4.61. The highest BCUT2D eigenvalue weighted by atomic mass is 32.2. The molecule has 7 N–H and O–H groups in total. The molecule has 2 aromatic rings. The molecule has 0 saturated carbocycles. The number of aromatic nitrogens is 1. The number of nitrogens with two attached hydrogens (primary N) is 2. The van der Waals surface area contributed by atoms with Crippen molar-refractivity contribution in [1.29, 1.82) is 5.41 Å². The second-order valence-corrected chi connectivity index (χ2v) is 10.3. The molecule has 0 spiro atoms. The maximum absolute atomic E-state index is 12.8. The Balaban J connectivity index is 1.61. The van der Waals surface area contributed by atoms with Gasteiger partial charge in [0, 0.05) is 21.6 Å². The van der Waals surface area contributed by atoms with Gasteiger partial charge in [-0.2, -0.15) is 8.42 Å². The van der Waals surface area contributed by atoms with Gasteiger partial charge in [-0.05, 0) is 19.1 Å². The Bertz CT molecular complexity index is 1230. The standard InChI is InChI=1S/C18H21N7O6S3/c1-9-13(17(27)25(9)34(28,29)30)23-16(26)14(12-8-33-18(21)22-12)24-31-6-7-32-11-4-2-10(3-5-11)15(19)20/h2-5,8-9,13H,6-7H2,1H3,(H3,19,20)(H2,21,22)(H,23,26)(H,28,29,30)/b24-14-/t9-,13-/m0/s1. The number of hydrogen-bond acceptors (Lipinski definition) is 11. The minimum absolute atomic E-state index is 0.0219. The summed E-state index contributed by atoms with van der Waals surface area (Å²) in [6.45, 7) is 1.49. The average Bonchev–Trinajstić information content (AvgIpc) is 3.19. The Morgan fingerprint density at radius 3 is 2.62 bits per heavy atom. The number of amidine groups is 1. The van der Waals surface area contributed by atoms with Crippen LogP contribution < -0.4 is 16.8 Å². The maximum atomic E-state index is 12.8. The van der Waals surface area contributed by atoms with Gasteiger partial charge < -0.3 is 21.6 Å². The number of nitrogens with zero attached hydrogens (tertiary/aromatic N) is 3. The Morgan fingerprint density at radius 2 is 2.09 bits per heavy atom. The summed E-state index contributed by atoms with van der Waals surface area (Å²) in [5.41, 5.74) is 11.6. The van der Waals surface area contributed by atoms with E-state index in [1.54, 1.807) is 12.1 Å². The summed E-state index contributed by atoms with van der Waals surface area (Å²) in [5, 5.41) is 15.3. The number of hydrogen-bond donors (Lipinski definition) is 5. The summed E-state index contributed by atoms with van der Waals surface area (Å²) in [4.78, 5) is 35.0. The number of amides is 2. The van der Waals surface area contributed by atoms with Crippen LogP contribution >= 0.6 is 23.1 Å². The second-order valence-electron chi connectivity index (χ2n) is 6.93. The van der Waals surface area contributed by atoms with E-state index in [0.717, 1.165) is 16.2 Å². The van der Waals surface area contributed by atoms with Crippen molar-refractivity contribution in [2.24, 2.45) is 10.9 Å². The smallest absolute Gasteiger partial charge is 0.362 e. The van der Waals surface area contributed by atoms with Crippen molar-refractivity contribution >= 4 is 61.9 Å². The van der Waals surface area contributed by atoms with Gasteiger partial charge >= 0.3 is 10.3 Å². The van der Waals surface area contributed by atoms with Gasteiger partial charge in [0.2, 0.25) is 0 Å². The molecule has 1 aromatic carbocycles. The Kier molecular flexibility index (Phi) is 7.75. The normalized spacial score (nSPS) is 18.4. The monoisotopic (exact) mass is 527 g/mol. The van der Waals surface area contributed by atoms with Crippen LogP contribution in [0.2, 0.25) is 0 Å². The molecule has 182 valence electrons. The van der Waals surface area contributed by atoms with Gasteiger partial charge in [-0.3, -0.25) is 19.6 Å². The molecule has 2 heterocycles. The molecule has 0 aliphatic carbocycles. The molecule has 16 heteroatoms. The molecule has 0 radical (unpaired) electrons. The minimum Gasteiger partial charge on any atom is -0.394 e. The molecule has 1 saturated heterocycles. The molecule has 0 bridgehead atoms. The van der Waals surface area contributed by atoms with Crippen molar-refractivity contribution in [1.82, 2.24) is 14.6 Å². The topological polar surface area (TPSA) is 214 Å². The molecule has 13 nitrogen and oxygen atoms in total. The number of anilines is 1. The number of nitrogens with one attached hydrogen (secondary N) is 2. The number of thiazole rings is 1. The van der Waals surface area contributed by atoms with Crippen LogP contribution in [-0.4, -0.2) is 70.1 Å². The van der Waals surface area contributed by atoms with E-state index in [-0.39, 0.29) is 33.3 Å². The van der Waals surface area contributed by atoms with Gasteiger partial charge in [0.25, 0.3) is 11.8 Å². The zero-order valence-corrected chi connectivity index (χ0v) is 20.1. The number of thioether (sulfide) groups is 1. The lowest BCUT2D eigenvalue weighted by Crippen LogP contribution is -2.71. The van der Waals surface area contributed by atoms with Crippen molar-refractivity contribution in [2.75, 3.05) is 18.1 Å². The van der Waals surface area contributed by atoms with Gasteiger partial charge in [-0.1, -0.05) is 17.3 Å². The summed E-state index contributed by atoms with van der Waals surface area (Å²) in [6.07, 6.45) is 0. The lowest BCUT2D eigenvalue weighted by Gasteiger charge is -2.42. The lowest BCUT2D eigenvalue weighted by molar-refractivity contribution is -0.143. The Labute approximate surface area is 202 Å². The minimum atomic E-state index is -4.72. The maximum Gasteiger partial charge on any atom is 0.362 e. The van der Waals surface area contributed by atoms with E-state index in [0.29, 0.717) is 11.3 Å². The Morgan fingerprint density at radius 1 is 1.41 bits per heavy atom. The van der Waals surface area contributed by atoms with E-state index in [4.69, 9.17) is 26.3 Å². The van der Waals surface area contributed by atoms with E-state index in [9.17, 15) is 18.0 Å². The number of benzene rings is 1. The predicted molar refractivity (Wildman–Crippen MR) is 127 cm³/mol. The third kappa shape index (κ3) is 5.82. The molecule has 1 fully saturated rings. The molecule has 1 aliphatic heterocycles. The molecule has 2 amide bonds. The van der Waals surface area contributed by atoms with Crippen LogP contribution in [0, 0.1) is 5.41 Å². The first-order valence-corrected chi connectivity index (χ1v) is 12.9. The fraction of sp³-hybridized carbons (Fsp3) is 0.278. The van der Waals surface area contributed by atoms with Crippen LogP contribution in [0.5, 0.6) is 0 Å². The van der Waals surface area contributed by atoms with Crippen molar-refractivity contribution < 1.29 is 27.4 Å². The van der Waals surface area contributed by atoms with Crippen LogP contribution in [0.15, 0.2) is 39.7 Å². The van der Waals surface area contributed by atoms with E-state index in [1.165, 1.54) is 24.1 Å². The molecule has 2 atom stereocenters. The van der Waals surface area contributed by atoms with Crippen LogP contribution in [0.4, 0.5) is 5.13 Å². The van der Waals surface area contributed by atoms with Gasteiger partial charge in [-0.15, -0.1) is 23.1 Å². The molecular weight excluding hydrogens is 506 g/mol. The molecule has 0 unspecified atom stereocenters. The molecule has 3 rings (SSSR count). The Hall–Kier alpha value is -3.21. The van der Waals surface area contributed by atoms with Crippen molar-refractivity contribution in [3.8, 4) is 0 Å². The highest BCUT2D eigenvalue weighted by molar-refractivity contribution is 7.99. The summed E-state index contributed by atoms with van der Waals surface area (Å²) >= 11 is 2.53. The molecule has 34 heavy (non-hydrogen) atoms. The van der Waals surface area contributed by atoms with Crippen LogP contribution in [0.1, 0.15) is 18.2 Å². The largest absolute Gasteiger partial charge is 0.394 e. The SMILES string of the molecule is C[C@H]1[C@H](NC(=O)/C(=N\OCCSc2ccc(C(=N)N)cc2)c2csc(N)n2)C(=O)N1S(=O)(=O)O. The number of rotatable bonds is 10. The van der Waals surface area contributed by atoms with E-state index in [1.807, 2.05) is 12.1 Å². The first kappa shape index (κ1) is 25.4. The zero-order valence-electron chi connectivity index (χ0n) is 17.7. The highest BCUT2D eigenvalue weighted by Crippen LogP contribution is 2.23. The zero-order chi connectivity index (χ0) is 25.0. The quantitative estimate of drug-likeness (QED) is 0.0532. The average molecular weight is 528 g/mol. The van der Waals surface area contributed by atoms with E-state index in [2.05, 4.69) is 15.5 Å². The fourth-order valence-electron chi connectivity index (χ4n) is 2.95. The van der Waals surface area contributed by atoms with E-state index >= 15 is 0 Å². The number of carbonyl (C=O) groups is 2. The number of β-lactam (4-membered cyclic amide) rings is 1. The third-order valence-corrected chi connectivity index (χ3v) is 7.27. The molecule has 1 aromatic heterocycles. The van der Waals surface area contributed by atoms with Gasteiger partial charge in [0.05, 0.1) is 6.04 Å². The lowest BCUT2D eigenvalue weighted by atomic mass is 10.0. The summed E-state index contributed by atoms with van der Waals surface area (Å²) in [7, 11) is -4.72. The van der Waals surface area contributed by atoms with Crippen molar-refractivity contribution in [2.45, 2.75) is 23.9 Å². The second kappa shape index (κ2) is 10.4. The molecule has 1 aliphatic rings. The number of oxime groups is 1. The first-order valence-electron chi connectivity index (χ1n) is 9.59. The summed E-state index contributed by atoms with van der Waals surface area (Å²) in [6, 6.07) is 4.92. The predicted octanol–water partition coefficient (Wildman–Crippen LogP) is 0.0407. The van der Waals surface area contributed by atoms with Gasteiger partial charge in [0.1, 0.15) is 24.2 Å². The number of carbonyl (C=O) groups excluding carboxylic acids is 2. The van der Waals surface area contributed by atoms with Gasteiger partial charge in [0.15, 0.2) is 10.8 Å². The summed E-state index contributed by atoms with van der Waals surface area (Å²) in [5.74, 6) is -1.34. The van der Waals surface area contributed by atoms with Crippen LogP contribution in [0.3, 0.4) is 0 Å². The van der Waals surface area contributed by atoms with Crippen molar-refractivity contribution in [3.63, 3.8) is 0 Å². The molecular formula is C18H21N7O6S3. The van der Waals surface area contributed by atoms with E-state index < -0.39 is 34.2 Å².